The average Bonchev–Trinajstić information content (AvgIpc) is 2.32. The van der Waals surface area contributed by atoms with Gasteiger partial charge in [0.15, 0.2) is 0 Å². The number of nitrogens with one attached hydrogen (secondary N) is 1. The third-order valence-corrected chi connectivity index (χ3v) is 2.69. The molecule has 18 heavy (non-hydrogen) atoms. The highest BCUT2D eigenvalue weighted by Crippen LogP contribution is 2.08. The lowest BCUT2D eigenvalue weighted by molar-refractivity contribution is 0.0951. The topological polar surface area (TPSA) is 55.1 Å². The lowest BCUT2D eigenvalue weighted by Crippen LogP contribution is -2.25. The predicted molar refractivity (Wildman–Crippen MR) is 66.1 cm³/mol. The van der Waals surface area contributed by atoms with Crippen LogP contribution in [0.2, 0.25) is 0 Å². The van der Waals surface area contributed by atoms with Crippen LogP contribution in [-0.2, 0) is 0 Å². The molecule has 0 heterocycles. The molecule has 0 aliphatic rings. The first-order valence-corrected chi connectivity index (χ1v) is 5.97. The molecule has 1 aromatic rings. The number of rotatable bonds is 6. The minimum Gasteiger partial charge on any atom is -0.352 e. The normalized spacial score (nSPS) is 12.2. The zero-order valence-electron chi connectivity index (χ0n) is 10.4. The Morgan fingerprint density at radius 1 is 1.33 bits per heavy atom. The standard InChI is InChI=1S/C13H18F2N2O/c1-9(8-16)3-2-4-17-13(18)10-5-11(14)7-12(15)6-10/h5-7,9H,2-4,8,16H2,1H3,(H,17,18). The van der Waals surface area contributed by atoms with E-state index < -0.39 is 17.5 Å². The Kier molecular flexibility index (Phi) is 5.71. The second-order valence-corrected chi connectivity index (χ2v) is 4.40. The molecule has 0 aliphatic carbocycles. The number of amides is 1. The number of nitrogens with two attached hydrogens (primary N) is 1. The van der Waals surface area contributed by atoms with Crippen LogP contribution < -0.4 is 11.1 Å². The molecule has 0 saturated heterocycles. The van der Waals surface area contributed by atoms with Crippen LogP contribution in [0.5, 0.6) is 0 Å². The van der Waals surface area contributed by atoms with Crippen molar-refractivity contribution in [3.63, 3.8) is 0 Å². The van der Waals surface area contributed by atoms with Gasteiger partial charge in [-0.3, -0.25) is 4.79 Å². The molecule has 100 valence electrons. The van der Waals surface area contributed by atoms with Crippen molar-refractivity contribution in [1.29, 1.82) is 0 Å². The molecule has 0 bridgehead atoms. The van der Waals surface area contributed by atoms with Gasteiger partial charge in [-0.2, -0.15) is 0 Å². The number of benzene rings is 1. The van der Waals surface area contributed by atoms with Crippen LogP contribution in [0.3, 0.4) is 0 Å². The maximum Gasteiger partial charge on any atom is 0.251 e. The van der Waals surface area contributed by atoms with Gasteiger partial charge in [0.2, 0.25) is 0 Å². The van der Waals surface area contributed by atoms with Crippen LogP contribution in [0.1, 0.15) is 30.1 Å². The van der Waals surface area contributed by atoms with Crippen LogP contribution in [0, 0.1) is 17.6 Å². The Morgan fingerprint density at radius 3 is 2.50 bits per heavy atom. The van der Waals surface area contributed by atoms with E-state index in [0.717, 1.165) is 31.0 Å². The number of hydrogen-bond donors (Lipinski definition) is 2. The van der Waals surface area contributed by atoms with Crippen LogP contribution in [-0.4, -0.2) is 19.0 Å². The Bertz CT molecular complexity index is 390. The molecule has 5 heteroatoms. The van der Waals surface area contributed by atoms with Crippen LogP contribution in [0.15, 0.2) is 18.2 Å². The second kappa shape index (κ2) is 7.06. The van der Waals surface area contributed by atoms with Crippen molar-refractivity contribution in [2.24, 2.45) is 11.7 Å². The van der Waals surface area contributed by atoms with E-state index in [1.54, 1.807) is 0 Å². The van der Waals surface area contributed by atoms with Crippen LogP contribution >= 0.6 is 0 Å². The number of carbonyl (C=O) groups is 1. The van der Waals surface area contributed by atoms with Crippen molar-refractivity contribution >= 4 is 5.91 Å². The third kappa shape index (κ3) is 4.79. The summed E-state index contributed by atoms with van der Waals surface area (Å²) in [5.74, 6) is -1.56. The van der Waals surface area contributed by atoms with E-state index in [-0.39, 0.29) is 5.56 Å². The van der Waals surface area contributed by atoms with E-state index in [1.807, 2.05) is 6.92 Å². The summed E-state index contributed by atoms with van der Waals surface area (Å²) in [5.41, 5.74) is 5.47. The molecular formula is C13H18F2N2O. The van der Waals surface area contributed by atoms with Gasteiger partial charge in [-0.1, -0.05) is 6.92 Å². The summed E-state index contributed by atoms with van der Waals surface area (Å²) in [6.07, 6.45) is 1.70. The van der Waals surface area contributed by atoms with Crippen molar-refractivity contribution in [1.82, 2.24) is 5.32 Å². The molecule has 0 radical (unpaired) electrons. The van der Waals surface area contributed by atoms with E-state index in [0.29, 0.717) is 19.0 Å². The molecular weight excluding hydrogens is 238 g/mol. The van der Waals surface area contributed by atoms with Gasteiger partial charge in [0.1, 0.15) is 11.6 Å². The van der Waals surface area contributed by atoms with Crippen molar-refractivity contribution < 1.29 is 13.6 Å². The molecule has 0 saturated carbocycles. The van der Waals surface area contributed by atoms with Gasteiger partial charge in [-0.05, 0) is 37.4 Å². The summed E-state index contributed by atoms with van der Waals surface area (Å²) < 4.78 is 25.8. The minimum absolute atomic E-state index is 0.000580. The fourth-order valence-electron chi connectivity index (χ4n) is 1.56. The summed E-state index contributed by atoms with van der Waals surface area (Å²) in [6.45, 7) is 3.12. The van der Waals surface area contributed by atoms with Gasteiger partial charge in [-0.25, -0.2) is 8.78 Å². The van der Waals surface area contributed by atoms with E-state index in [2.05, 4.69) is 5.32 Å². The molecule has 0 spiro atoms. The van der Waals surface area contributed by atoms with Gasteiger partial charge >= 0.3 is 0 Å². The minimum atomic E-state index is -0.753. The SMILES string of the molecule is CC(CN)CCCNC(=O)c1cc(F)cc(F)c1. The first-order valence-electron chi connectivity index (χ1n) is 5.97. The summed E-state index contributed by atoms with van der Waals surface area (Å²) in [7, 11) is 0. The highest BCUT2D eigenvalue weighted by atomic mass is 19.1. The van der Waals surface area contributed by atoms with Gasteiger partial charge in [0.05, 0.1) is 0 Å². The average molecular weight is 256 g/mol. The Labute approximate surface area is 105 Å². The molecule has 1 atom stereocenters. The molecule has 0 fully saturated rings. The monoisotopic (exact) mass is 256 g/mol. The predicted octanol–water partition coefficient (Wildman–Crippen LogP) is 2.07. The quantitative estimate of drug-likeness (QED) is 0.765. The zero-order chi connectivity index (χ0) is 13.5. The van der Waals surface area contributed by atoms with Crippen LogP contribution in [0.4, 0.5) is 8.78 Å². The number of hydrogen-bond acceptors (Lipinski definition) is 2. The first kappa shape index (κ1) is 14.6. The maximum absolute atomic E-state index is 12.9. The lowest BCUT2D eigenvalue weighted by atomic mass is 10.1. The fourth-order valence-corrected chi connectivity index (χ4v) is 1.56. The molecule has 0 aliphatic heterocycles. The van der Waals surface area contributed by atoms with Crippen molar-refractivity contribution in [3.8, 4) is 0 Å². The number of carbonyl (C=O) groups excluding carboxylic acids is 1. The first-order chi connectivity index (χ1) is 8.52. The molecule has 3 nitrogen and oxygen atoms in total. The third-order valence-electron chi connectivity index (χ3n) is 2.69. The van der Waals surface area contributed by atoms with E-state index in [9.17, 15) is 13.6 Å². The summed E-state index contributed by atoms with van der Waals surface area (Å²) in [6, 6.07) is 2.77. The van der Waals surface area contributed by atoms with E-state index in [1.165, 1.54) is 0 Å². The van der Waals surface area contributed by atoms with E-state index >= 15 is 0 Å². The van der Waals surface area contributed by atoms with Gasteiger partial charge in [0, 0.05) is 18.2 Å². The van der Waals surface area contributed by atoms with Gasteiger partial charge in [0.25, 0.3) is 5.91 Å². The molecule has 3 N–H and O–H groups in total. The highest BCUT2D eigenvalue weighted by molar-refractivity contribution is 5.94. The Morgan fingerprint density at radius 2 is 1.94 bits per heavy atom. The lowest BCUT2D eigenvalue weighted by Gasteiger charge is -2.09. The zero-order valence-corrected chi connectivity index (χ0v) is 10.4. The van der Waals surface area contributed by atoms with Crippen LogP contribution in [0.25, 0.3) is 0 Å². The maximum atomic E-state index is 12.9. The Hall–Kier alpha value is -1.49. The van der Waals surface area contributed by atoms with Crippen molar-refractivity contribution in [2.45, 2.75) is 19.8 Å². The highest BCUT2D eigenvalue weighted by Gasteiger charge is 2.08. The Balaban J connectivity index is 2.41. The van der Waals surface area contributed by atoms with Crippen molar-refractivity contribution in [2.75, 3.05) is 13.1 Å². The smallest absolute Gasteiger partial charge is 0.251 e. The second-order valence-electron chi connectivity index (χ2n) is 4.40. The molecule has 1 aromatic carbocycles. The molecule has 0 aromatic heterocycles. The summed E-state index contributed by atoms with van der Waals surface area (Å²) in [4.78, 5) is 11.6. The van der Waals surface area contributed by atoms with E-state index in [4.69, 9.17) is 5.73 Å². The molecule has 1 amide bonds. The number of halogens is 2. The summed E-state index contributed by atoms with van der Waals surface area (Å²) in [5, 5.41) is 2.62. The van der Waals surface area contributed by atoms with Crippen molar-refractivity contribution in [3.05, 3.63) is 35.4 Å². The fraction of sp³-hybridized carbons (Fsp3) is 0.462. The van der Waals surface area contributed by atoms with Gasteiger partial charge < -0.3 is 11.1 Å². The largest absolute Gasteiger partial charge is 0.352 e. The molecule has 1 rings (SSSR count). The van der Waals surface area contributed by atoms with Gasteiger partial charge in [-0.15, -0.1) is 0 Å². The molecule has 1 unspecified atom stereocenters. The summed E-state index contributed by atoms with van der Waals surface area (Å²) >= 11 is 0.